The van der Waals surface area contributed by atoms with Crippen LogP contribution in [0.2, 0.25) is 0 Å². The summed E-state index contributed by atoms with van der Waals surface area (Å²) < 4.78 is 11.2. The number of nitrogens with zero attached hydrogens (tertiary/aromatic N) is 7. The van der Waals surface area contributed by atoms with Crippen LogP contribution in [0.5, 0.6) is 0 Å². The number of aromatic nitrogens is 5. The molecule has 0 spiro atoms. The number of hydrogen-bond acceptors (Lipinski definition) is 10. The third kappa shape index (κ3) is 5.63. The lowest BCUT2D eigenvalue weighted by molar-refractivity contribution is 0.0240. The van der Waals surface area contributed by atoms with Crippen LogP contribution in [-0.4, -0.2) is 67.9 Å². The van der Waals surface area contributed by atoms with Gasteiger partial charge in [-0.2, -0.15) is 4.98 Å². The Morgan fingerprint density at radius 3 is 2.21 bits per heavy atom. The van der Waals surface area contributed by atoms with Crippen molar-refractivity contribution in [1.29, 1.82) is 0 Å². The molecule has 0 radical (unpaired) electrons. The summed E-state index contributed by atoms with van der Waals surface area (Å²) >= 11 is 0. The summed E-state index contributed by atoms with van der Waals surface area (Å²) in [6, 6.07) is 12.2. The van der Waals surface area contributed by atoms with Crippen molar-refractivity contribution in [2.45, 2.75) is 51.6 Å². The van der Waals surface area contributed by atoms with Crippen molar-refractivity contribution < 1.29 is 14.1 Å². The third-order valence-corrected chi connectivity index (χ3v) is 8.00. The van der Waals surface area contributed by atoms with Gasteiger partial charge in [-0.25, -0.2) is 19.7 Å². The monoisotopic (exact) mass is 568 g/mol. The molecule has 1 aliphatic heterocycles. The van der Waals surface area contributed by atoms with E-state index < -0.39 is 5.60 Å². The van der Waals surface area contributed by atoms with Gasteiger partial charge in [0, 0.05) is 37.9 Å². The van der Waals surface area contributed by atoms with E-state index in [-0.39, 0.29) is 11.5 Å². The van der Waals surface area contributed by atoms with Crippen LogP contribution < -0.4 is 10.6 Å². The number of nitrogen functional groups attached to an aromatic ring is 1. The highest BCUT2D eigenvalue weighted by Gasteiger charge is 2.47. The van der Waals surface area contributed by atoms with E-state index in [9.17, 15) is 4.79 Å². The zero-order chi connectivity index (χ0) is 29.5. The third-order valence-electron chi connectivity index (χ3n) is 8.00. The summed E-state index contributed by atoms with van der Waals surface area (Å²) in [4.78, 5) is 34.4. The highest BCUT2D eigenvalue weighted by Crippen LogP contribution is 2.50. The van der Waals surface area contributed by atoms with E-state index >= 15 is 0 Å². The van der Waals surface area contributed by atoms with Crippen molar-refractivity contribution in [2.24, 2.45) is 5.92 Å². The van der Waals surface area contributed by atoms with Crippen LogP contribution in [0.15, 0.2) is 59.5 Å². The van der Waals surface area contributed by atoms with Crippen LogP contribution in [0.25, 0.3) is 22.7 Å². The zero-order valence-electron chi connectivity index (χ0n) is 24.4. The fraction of sp³-hybridized carbons (Fsp3) is 0.419. The largest absolute Gasteiger partial charge is 0.444 e. The van der Waals surface area contributed by atoms with E-state index in [0.717, 1.165) is 35.3 Å². The number of hydrogen-bond donors (Lipinski definition) is 1. The first kappa shape index (κ1) is 27.6. The van der Waals surface area contributed by atoms with Crippen LogP contribution in [0.3, 0.4) is 0 Å². The number of carbonyl (C=O) groups excluding carboxylic acids is 1. The first-order valence-electron chi connectivity index (χ1n) is 14.3. The predicted molar refractivity (Wildman–Crippen MR) is 159 cm³/mol. The number of piperazine rings is 1. The number of rotatable bonds is 6. The molecule has 11 nitrogen and oxygen atoms in total. The van der Waals surface area contributed by atoms with E-state index in [2.05, 4.69) is 56.2 Å². The van der Waals surface area contributed by atoms with E-state index in [4.69, 9.17) is 20.0 Å². The van der Waals surface area contributed by atoms with E-state index in [1.807, 2.05) is 26.8 Å². The van der Waals surface area contributed by atoms with Gasteiger partial charge in [0.05, 0.1) is 17.8 Å². The van der Waals surface area contributed by atoms with Gasteiger partial charge in [0.1, 0.15) is 22.9 Å². The molecule has 6 rings (SSSR count). The minimum atomic E-state index is -0.513. The minimum absolute atomic E-state index is 0.288. The second-order valence-electron chi connectivity index (χ2n) is 12.2. The minimum Gasteiger partial charge on any atom is -0.444 e. The molecule has 1 saturated carbocycles. The number of anilines is 2. The molecule has 3 aromatic heterocycles. The SMILES string of the molecule is CC(C)(C)OC(=O)N1CCN(c2cnc(-c3nc(C(C)(c4ccc(-c5ccc(N)nc5)cc4)C4CC4)no3)cn2)CC1. The number of benzene rings is 1. The number of nitrogens with two attached hydrogens (primary N) is 1. The molecular weight excluding hydrogens is 532 g/mol. The summed E-state index contributed by atoms with van der Waals surface area (Å²) in [5, 5.41) is 4.42. The second-order valence-corrected chi connectivity index (χ2v) is 12.2. The Kier molecular flexibility index (Phi) is 7.04. The molecule has 4 aromatic rings. The lowest BCUT2D eigenvalue weighted by Gasteiger charge is -2.36. The van der Waals surface area contributed by atoms with Gasteiger partial charge < -0.3 is 24.8 Å². The maximum Gasteiger partial charge on any atom is 0.410 e. The Morgan fingerprint density at radius 2 is 1.62 bits per heavy atom. The molecule has 1 unspecified atom stereocenters. The number of ether oxygens (including phenoxy) is 1. The fourth-order valence-corrected chi connectivity index (χ4v) is 5.37. The first-order valence-corrected chi connectivity index (χ1v) is 14.3. The van der Waals surface area contributed by atoms with Gasteiger partial charge in [0.25, 0.3) is 5.89 Å². The molecule has 218 valence electrons. The van der Waals surface area contributed by atoms with Gasteiger partial charge >= 0.3 is 6.09 Å². The average Bonchev–Trinajstić information content (AvgIpc) is 3.73. The summed E-state index contributed by atoms with van der Waals surface area (Å²) in [6.45, 7) is 10.2. The van der Waals surface area contributed by atoms with Crippen molar-refractivity contribution in [3.63, 3.8) is 0 Å². The Hall–Kier alpha value is -4.54. The van der Waals surface area contributed by atoms with Gasteiger partial charge in [0.2, 0.25) is 0 Å². The number of amides is 1. The molecule has 2 aliphatic rings. The normalized spacial score (nSPS) is 17.1. The van der Waals surface area contributed by atoms with Gasteiger partial charge in [0.15, 0.2) is 5.82 Å². The van der Waals surface area contributed by atoms with Gasteiger partial charge in [-0.3, -0.25) is 0 Å². The molecule has 1 aliphatic carbocycles. The molecule has 1 amide bonds. The predicted octanol–water partition coefficient (Wildman–Crippen LogP) is 4.94. The van der Waals surface area contributed by atoms with Crippen LogP contribution >= 0.6 is 0 Å². The zero-order valence-corrected chi connectivity index (χ0v) is 24.4. The molecule has 42 heavy (non-hydrogen) atoms. The number of carbonyl (C=O) groups is 1. The van der Waals surface area contributed by atoms with Crippen molar-refractivity contribution in [2.75, 3.05) is 36.8 Å². The number of pyridine rings is 1. The Labute approximate surface area is 245 Å². The van der Waals surface area contributed by atoms with Crippen molar-refractivity contribution in [1.82, 2.24) is 30.0 Å². The molecular formula is C31H36N8O3. The maximum atomic E-state index is 12.4. The molecule has 2 fully saturated rings. The Bertz CT molecular complexity index is 1540. The van der Waals surface area contributed by atoms with Gasteiger partial charge in [-0.15, -0.1) is 0 Å². The van der Waals surface area contributed by atoms with Crippen LogP contribution in [0.1, 0.15) is 51.9 Å². The Morgan fingerprint density at radius 1 is 0.905 bits per heavy atom. The molecule has 2 N–H and O–H groups in total. The first-order chi connectivity index (χ1) is 20.1. The average molecular weight is 569 g/mol. The smallest absolute Gasteiger partial charge is 0.410 e. The standard InChI is InChI=1S/C31H36N8O3/c1-30(2,3)41-29(40)39-15-13-38(14-16-39)26-19-33-24(18-35-26)27-36-28(37-42-27)31(4,23-10-11-23)22-8-5-20(6-9-22)21-7-12-25(32)34-17-21/h5-9,12,17-19,23H,10-11,13-16H2,1-4H3,(H2,32,34). The Balaban J connectivity index is 1.15. The maximum absolute atomic E-state index is 12.4. The lowest BCUT2D eigenvalue weighted by atomic mass is 9.76. The van der Waals surface area contributed by atoms with Crippen LogP contribution in [0, 0.1) is 5.92 Å². The fourth-order valence-electron chi connectivity index (χ4n) is 5.37. The molecule has 4 heterocycles. The van der Waals surface area contributed by atoms with Crippen molar-refractivity contribution >= 4 is 17.7 Å². The highest BCUT2D eigenvalue weighted by molar-refractivity contribution is 5.68. The summed E-state index contributed by atoms with van der Waals surface area (Å²) in [7, 11) is 0. The summed E-state index contributed by atoms with van der Waals surface area (Å²) in [5.74, 6) is 2.66. The molecule has 1 saturated heterocycles. The molecule has 1 atom stereocenters. The molecule has 11 heteroatoms. The van der Waals surface area contributed by atoms with Crippen LogP contribution in [-0.2, 0) is 10.2 Å². The van der Waals surface area contributed by atoms with E-state index in [1.165, 1.54) is 0 Å². The van der Waals surface area contributed by atoms with Crippen LogP contribution in [0.4, 0.5) is 16.4 Å². The van der Waals surface area contributed by atoms with Gasteiger partial charge in [-0.1, -0.05) is 29.4 Å². The van der Waals surface area contributed by atoms with Crippen molar-refractivity contribution in [3.8, 4) is 22.7 Å². The molecule has 0 bridgehead atoms. The topological polar surface area (TPSA) is 136 Å². The van der Waals surface area contributed by atoms with Gasteiger partial charge in [-0.05, 0) is 69.7 Å². The highest BCUT2D eigenvalue weighted by atomic mass is 16.6. The quantitative estimate of drug-likeness (QED) is 0.340. The second kappa shape index (κ2) is 10.7. The molecule has 1 aromatic carbocycles. The van der Waals surface area contributed by atoms with Crippen molar-refractivity contribution in [3.05, 3.63) is 66.4 Å². The summed E-state index contributed by atoms with van der Waals surface area (Å²) in [6.07, 6.45) is 7.10. The summed E-state index contributed by atoms with van der Waals surface area (Å²) in [5.41, 5.74) is 8.58. The van der Waals surface area contributed by atoms with E-state index in [0.29, 0.717) is 55.3 Å². The van der Waals surface area contributed by atoms with E-state index in [1.54, 1.807) is 29.6 Å². The lowest BCUT2D eigenvalue weighted by Crippen LogP contribution is -2.50.